The van der Waals surface area contributed by atoms with E-state index in [4.69, 9.17) is 14.2 Å². The van der Waals surface area contributed by atoms with E-state index in [1.807, 2.05) is 0 Å². The molecule has 0 heterocycles. The lowest BCUT2D eigenvalue weighted by Crippen LogP contribution is -2.30. The number of unbranched alkanes of at least 4 members (excludes halogenated alkanes) is 38. The lowest BCUT2D eigenvalue weighted by molar-refractivity contribution is -0.167. The topological polar surface area (TPSA) is 78.9 Å². The quantitative estimate of drug-likeness (QED) is 0.0344. The Balaban J connectivity index is 4.22. The van der Waals surface area contributed by atoms with Crippen LogP contribution in [-0.2, 0) is 28.6 Å². The van der Waals surface area contributed by atoms with E-state index >= 15 is 0 Å². The molecule has 0 aliphatic rings. The fourth-order valence-corrected chi connectivity index (χ4v) is 8.57. The summed E-state index contributed by atoms with van der Waals surface area (Å²) < 4.78 is 16.8. The molecule has 0 amide bonds. The molecular weight excluding hydrogens is 769 g/mol. The summed E-state index contributed by atoms with van der Waals surface area (Å²) in [4.78, 5) is 38.0. The molecule has 0 spiro atoms. The normalized spacial score (nSPS) is 12.0. The second-order valence-corrected chi connectivity index (χ2v) is 19.7. The average molecular weight is 877 g/mol. The summed E-state index contributed by atoms with van der Waals surface area (Å²) in [5, 5.41) is 0. The molecule has 0 aromatic heterocycles. The summed E-state index contributed by atoms with van der Waals surface area (Å²) in [6.07, 6.45) is 53.8. The standard InChI is InChI=1S/C56H108O6/c1-5-7-9-11-13-15-16-17-18-19-20-21-22-25-29-33-37-41-45-49-56(59)62-53(50-60-54(57)47-43-39-35-30-14-12-10-8-6-2)51-61-55(58)48-44-40-36-32-28-26-23-24-27-31-34-38-42-46-52(3)4/h52-53H,5-51H2,1-4H3/t53-/m1/s1. The minimum absolute atomic E-state index is 0.0625. The van der Waals surface area contributed by atoms with Gasteiger partial charge in [-0.1, -0.05) is 278 Å². The van der Waals surface area contributed by atoms with Gasteiger partial charge in [-0.3, -0.25) is 14.4 Å². The van der Waals surface area contributed by atoms with Crippen LogP contribution in [0.3, 0.4) is 0 Å². The van der Waals surface area contributed by atoms with E-state index in [9.17, 15) is 14.4 Å². The van der Waals surface area contributed by atoms with Crippen LogP contribution >= 0.6 is 0 Å². The van der Waals surface area contributed by atoms with Crippen molar-refractivity contribution in [1.29, 1.82) is 0 Å². The largest absolute Gasteiger partial charge is 0.462 e. The Morgan fingerprint density at radius 2 is 0.532 bits per heavy atom. The third-order valence-electron chi connectivity index (χ3n) is 12.8. The van der Waals surface area contributed by atoms with Crippen molar-refractivity contribution in [3.63, 3.8) is 0 Å². The van der Waals surface area contributed by atoms with Crippen LogP contribution in [0.4, 0.5) is 0 Å². The minimum Gasteiger partial charge on any atom is -0.462 e. The van der Waals surface area contributed by atoms with Gasteiger partial charge in [-0.15, -0.1) is 0 Å². The van der Waals surface area contributed by atoms with Crippen LogP contribution < -0.4 is 0 Å². The lowest BCUT2D eigenvalue weighted by Gasteiger charge is -2.18. The van der Waals surface area contributed by atoms with Gasteiger partial charge in [0.15, 0.2) is 6.10 Å². The van der Waals surface area contributed by atoms with Gasteiger partial charge in [0, 0.05) is 19.3 Å². The summed E-state index contributed by atoms with van der Waals surface area (Å²) in [5.41, 5.74) is 0. The number of carbonyl (C=O) groups excluding carboxylic acids is 3. The van der Waals surface area contributed by atoms with E-state index in [1.54, 1.807) is 0 Å². The highest BCUT2D eigenvalue weighted by molar-refractivity contribution is 5.71. The van der Waals surface area contributed by atoms with Crippen molar-refractivity contribution in [2.45, 2.75) is 323 Å². The van der Waals surface area contributed by atoms with E-state index in [0.29, 0.717) is 19.3 Å². The molecule has 1 atom stereocenters. The Bertz CT molecular complexity index is 933. The molecular formula is C56H108O6. The van der Waals surface area contributed by atoms with Gasteiger partial charge >= 0.3 is 17.9 Å². The molecule has 368 valence electrons. The van der Waals surface area contributed by atoms with Gasteiger partial charge in [0.2, 0.25) is 0 Å². The molecule has 0 aromatic carbocycles. The average Bonchev–Trinajstić information content (AvgIpc) is 3.26. The third-order valence-corrected chi connectivity index (χ3v) is 12.8. The second-order valence-electron chi connectivity index (χ2n) is 19.7. The maximum atomic E-state index is 12.8. The molecule has 0 N–H and O–H groups in total. The van der Waals surface area contributed by atoms with Crippen molar-refractivity contribution in [1.82, 2.24) is 0 Å². The Hall–Kier alpha value is -1.59. The summed E-state index contributed by atoms with van der Waals surface area (Å²) in [6.45, 7) is 9.03. The van der Waals surface area contributed by atoms with Crippen LogP contribution in [0.1, 0.15) is 317 Å². The highest BCUT2D eigenvalue weighted by Gasteiger charge is 2.19. The first-order valence-electron chi connectivity index (χ1n) is 27.9. The van der Waals surface area contributed by atoms with Crippen molar-refractivity contribution in [2.75, 3.05) is 13.2 Å². The first-order valence-corrected chi connectivity index (χ1v) is 27.9. The van der Waals surface area contributed by atoms with E-state index in [2.05, 4.69) is 27.7 Å². The summed E-state index contributed by atoms with van der Waals surface area (Å²) in [5.74, 6) is -0.00226. The maximum Gasteiger partial charge on any atom is 0.306 e. The zero-order chi connectivity index (χ0) is 45.2. The molecule has 0 fully saturated rings. The van der Waals surface area contributed by atoms with Crippen LogP contribution in [0.25, 0.3) is 0 Å². The molecule has 0 radical (unpaired) electrons. The molecule has 0 saturated carbocycles. The zero-order valence-electron chi connectivity index (χ0n) is 42.3. The first kappa shape index (κ1) is 60.4. The van der Waals surface area contributed by atoms with Crippen molar-refractivity contribution in [3.05, 3.63) is 0 Å². The van der Waals surface area contributed by atoms with Gasteiger partial charge in [-0.2, -0.15) is 0 Å². The molecule has 62 heavy (non-hydrogen) atoms. The molecule has 0 bridgehead atoms. The van der Waals surface area contributed by atoms with E-state index in [0.717, 1.165) is 63.7 Å². The van der Waals surface area contributed by atoms with Crippen LogP contribution in [0.15, 0.2) is 0 Å². The van der Waals surface area contributed by atoms with Gasteiger partial charge in [-0.25, -0.2) is 0 Å². The van der Waals surface area contributed by atoms with Crippen LogP contribution in [0, 0.1) is 5.92 Å². The summed E-state index contributed by atoms with van der Waals surface area (Å²) in [7, 11) is 0. The van der Waals surface area contributed by atoms with E-state index in [1.165, 1.54) is 212 Å². The van der Waals surface area contributed by atoms with Crippen molar-refractivity contribution < 1.29 is 28.6 Å². The first-order chi connectivity index (χ1) is 30.4. The SMILES string of the molecule is CCCCCCCCCCCCCCCCCCCCCC(=O)O[C@H](COC(=O)CCCCCCCCCCC)COC(=O)CCCCCCCCCCCCCCCC(C)C. The van der Waals surface area contributed by atoms with Crippen molar-refractivity contribution >= 4 is 17.9 Å². The van der Waals surface area contributed by atoms with Crippen LogP contribution in [0.5, 0.6) is 0 Å². The fourth-order valence-electron chi connectivity index (χ4n) is 8.57. The van der Waals surface area contributed by atoms with Gasteiger partial charge in [-0.05, 0) is 25.2 Å². The fraction of sp³-hybridized carbons (Fsp3) is 0.946. The Labute approximate surface area is 387 Å². The Morgan fingerprint density at radius 1 is 0.306 bits per heavy atom. The summed E-state index contributed by atoms with van der Waals surface area (Å²) in [6, 6.07) is 0. The van der Waals surface area contributed by atoms with Gasteiger partial charge in [0.05, 0.1) is 0 Å². The number of esters is 3. The number of ether oxygens (including phenoxy) is 3. The molecule has 0 aromatic rings. The number of hydrogen-bond donors (Lipinski definition) is 0. The van der Waals surface area contributed by atoms with Gasteiger partial charge in [0.25, 0.3) is 0 Å². The molecule has 6 heteroatoms. The molecule has 0 unspecified atom stereocenters. The Kier molecular flexibility index (Phi) is 49.1. The van der Waals surface area contributed by atoms with Crippen molar-refractivity contribution in [3.8, 4) is 0 Å². The zero-order valence-corrected chi connectivity index (χ0v) is 42.3. The predicted octanol–water partition coefficient (Wildman–Crippen LogP) is 18.2. The number of carbonyl (C=O) groups is 3. The number of hydrogen-bond acceptors (Lipinski definition) is 6. The van der Waals surface area contributed by atoms with E-state index < -0.39 is 6.10 Å². The third kappa shape index (κ3) is 49.4. The Morgan fingerprint density at radius 3 is 0.790 bits per heavy atom. The van der Waals surface area contributed by atoms with Crippen LogP contribution in [0.2, 0.25) is 0 Å². The second kappa shape index (κ2) is 50.4. The smallest absolute Gasteiger partial charge is 0.306 e. The van der Waals surface area contributed by atoms with E-state index in [-0.39, 0.29) is 31.1 Å². The minimum atomic E-state index is -0.760. The molecule has 6 nitrogen and oxygen atoms in total. The highest BCUT2D eigenvalue weighted by Crippen LogP contribution is 2.18. The van der Waals surface area contributed by atoms with Gasteiger partial charge in [0.1, 0.15) is 13.2 Å². The molecule has 0 aliphatic carbocycles. The molecule has 0 aliphatic heterocycles. The predicted molar refractivity (Wildman–Crippen MR) is 266 cm³/mol. The maximum absolute atomic E-state index is 12.8. The van der Waals surface area contributed by atoms with Crippen molar-refractivity contribution in [2.24, 2.45) is 5.92 Å². The number of rotatable bonds is 51. The van der Waals surface area contributed by atoms with Crippen LogP contribution in [-0.4, -0.2) is 37.2 Å². The monoisotopic (exact) mass is 877 g/mol. The summed E-state index contributed by atoms with van der Waals surface area (Å²) >= 11 is 0. The highest BCUT2D eigenvalue weighted by atomic mass is 16.6. The van der Waals surface area contributed by atoms with Gasteiger partial charge < -0.3 is 14.2 Å². The molecule has 0 saturated heterocycles. The lowest BCUT2D eigenvalue weighted by atomic mass is 10.0. The molecule has 0 rings (SSSR count).